The fourth-order valence-electron chi connectivity index (χ4n) is 1.39. The summed E-state index contributed by atoms with van der Waals surface area (Å²) in [7, 11) is 0. The minimum Gasteiger partial charge on any atom is -0.478 e. The fraction of sp³-hybridized carbons (Fsp3) is 0.273. The molecule has 98 valence electrons. The highest BCUT2D eigenvalue weighted by atomic mass is 79.9. The first-order valence-corrected chi connectivity index (χ1v) is 5.71. The van der Waals surface area contributed by atoms with Crippen molar-refractivity contribution in [3.05, 3.63) is 29.3 Å². The fourth-order valence-corrected chi connectivity index (χ4v) is 1.87. The van der Waals surface area contributed by atoms with Gasteiger partial charge < -0.3 is 9.84 Å². The lowest BCUT2D eigenvalue weighted by Crippen LogP contribution is -2.13. The summed E-state index contributed by atoms with van der Waals surface area (Å²) < 4.78 is 28.7. The molecule has 0 aliphatic rings. The highest BCUT2D eigenvalue weighted by Gasteiger charge is 2.25. The van der Waals surface area contributed by atoms with Crippen LogP contribution in [0.25, 0.3) is 0 Å². The molecule has 1 N–H and O–H groups in total. The van der Waals surface area contributed by atoms with Crippen LogP contribution in [0.1, 0.15) is 27.7 Å². The van der Waals surface area contributed by atoms with Crippen molar-refractivity contribution in [1.29, 1.82) is 0 Å². The molecule has 1 rings (SSSR count). The number of halogens is 3. The smallest absolute Gasteiger partial charge is 0.387 e. The molecule has 1 aromatic carbocycles. The Morgan fingerprint density at radius 1 is 1.39 bits per heavy atom. The minimum absolute atomic E-state index is 0.113. The van der Waals surface area contributed by atoms with E-state index < -0.39 is 23.2 Å². The molecule has 18 heavy (non-hydrogen) atoms. The second kappa shape index (κ2) is 5.90. The van der Waals surface area contributed by atoms with Crippen LogP contribution in [-0.4, -0.2) is 23.5 Å². The average molecular weight is 323 g/mol. The van der Waals surface area contributed by atoms with Crippen molar-refractivity contribution in [2.24, 2.45) is 0 Å². The van der Waals surface area contributed by atoms with Crippen LogP contribution >= 0.6 is 15.9 Å². The van der Waals surface area contributed by atoms with E-state index in [1.165, 1.54) is 25.1 Å². The summed E-state index contributed by atoms with van der Waals surface area (Å²) in [6.45, 7) is -1.89. The third-order valence-corrected chi connectivity index (χ3v) is 3.23. The zero-order valence-electron chi connectivity index (χ0n) is 9.19. The van der Waals surface area contributed by atoms with E-state index in [0.717, 1.165) is 0 Å². The molecule has 0 heterocycles. The van der Waals surface area contributed by atoms with E-state index in [9.17, 15) is 18.4 Å². The lowest BCUT2D eigenvalue weighted by molar-refractivity contribution is -0.116. The summed E-state index contributed by atoms with van der Waals surface area (Å²) in [5.74, 6) is -2.07. The maximum absolute atomic E-state index is 12.2. The second-order valence-corrected chi connectivity index (χ2v) is 4.29. The summed E-state index contributed by atoms with van der Waals surface area (Å²) in [5, 5.41) is 8.98. The van der Waals surface area contributed by atoms with E-state index in [4.69, 9.17) is 5.11 Å². The van der Waals surface area contributed by atoms with E-state index in [1.54, 1.807) is 0 Å². The van der Waals surface area contributed by atoms with E-state index in [2.05, 4.69) is 20.7 Å². The number of carboxylic acids is 1. The van der Waals surface area contributed by atoms with Crippen LogP contribution in [0, 0.1) is 0 Å². The number of alkyl halides is 3. The van der Waals surface area contributed by atoms with E-state index in [-0.39, 0.29) is 16.9 Å². The van der Waals surface area contributed by atoms with Gasteiger partial charge in [0.25, 0.3) is 0 Å². The molecule has 1 atom stereocenters. The third-order valence-electron chi connectivity index (χ3n) is 2.12. The number of rotatable bonds is 5. The quantitative estimate of drug-likeness (QED) is 0.846. The zero-order valence-corrected chi connectivity index (χ0v) is 10.8. The van der Waals surface area contributed by atoms with Crippen molar-refractivity contribution in [3.8, 4) is 5.75 Å². The number of hydrogen-bond acceptors (Lipinski definition) is 3. The highest BCUT2D eigenvalue weighted by Crippen LogP contribution is 2.35. The molecule has 0 saturated heterocycles. The Balaban J connectivity index is 3.38. The van der Waals surface area contributed by atoms with Gasteiger partial charge in [-0.05, 0) is 19.1 Å². The Labute approximate surface area is 110 Å². The van der Waals surface area contributed by atoms with Gasteiger partial charge in [-0.3, -0.25) is 4.79 Å². The molecule has 1 aromatic rings. The predicted octanol–water partition coefficient (Wildman–Crippen LogP) is 3.01. The molecule has 0 bridgehead atoms. The Morgan fingerprint density at radius 3 is 2.44 bits per heavy atom. The lowest BCUT2D eigenvalue weighted by atomic mass is 10.0. The zero-order chi connectivity index (χ0) is 13.9. The second-order valence-electron chi connectivity index (χ2n) is 3.37. The molecule has 0 radical (unpaired) electrons. The van der Waals surface area contributed by atoms with Crippen LogP contribution in [0.2, 0.25) is 0 Å². The monoisotopic (exact) mass is 322 g/mol. The van der Waals surface area contributed by atoms with Gasteiger partial charge >= 0.3 is 12.6 Å². The largest absolute Gasteiger partial charge is 0.478 e. The number of ether oxygens (including phenoxy) is 1. The maximum atomic E-state index is 12.2. The van der Waals surface area contributed by atoms with Crippen LogP contribution in [0.4, 0.5) is 8.78 Å². The number of carbonyl (C=O) groups excluding carboxylic acids is 1. The van der Waals surface area contributed by atoms with Gasteiger partial charge in [-0.15, -0.1) is 0 Å². The first-order valence-electron chi connectivity index (χ1n) is 4.80. The Hall–Kier alpha value is -1.50. The van der Waals surface area contributed by atoms with Crippen LogP contribution in [0.3, 0.4) is 0 Å². The maximum Gasteiger partial charge on any atom is 0.387 e. The molecule has 0 saturated carbocycles. The van der Waals surface area contributed by atoms with Crippen LogP contribution in [0.15, 0.2) is 18.2 Å². The molecule has 1 unspecified atom stereocenters. The van der Waals surface area contributed by atoms with Crippen molar-refractivity contribution < 1.29 is 28.2 Å². The van der Waals surface area contributed by atoms with Crippen molar-refractivity contribution in [3.63, 3.8) is 0 Å². The normalized spacial score (nSPS) is 12.3. The molecule has 0 aliphatic heterocycles. The van der Waals surface area contributed by atoms with E-state index >= 15 is 0 Å². The van der Waals surface area contributed by atoms with Crippen LogP contribution < -0.4 is 4.74 Å². The number of carboxylic acid groups (broad SMARTS) is 1. The number of Topliss-reactive ketones (excluding diaryl/α,β-unsaturated/α-hetero) is 1. The third kappa shape index (κ3) is 3.25. The van der Waals surface area contributed by atoms with Gasteiger partial charge in [0, 0.05) is 5.56 Å². The van der Waals surface area contributed by atoms with Crippen molar-refractivity contribution in [2.75, 3.05) is 0 Å². The van der Waals surface area contributed by atoms with Gasteiger partial charge in [0.2, 0.25) is 0 Å². The van der Waals surface area contributed by atoms with Crippen LogP contribution in [-0.2, 0) is 4.79 Å². The van der Waals surface area contributed by atoms with Gasteiger partial charge in [-0.25, -0.2) is 4.79 Å². The first-order chi connectivity index (χ1) is 8.34. The highest BCUT2D eigenvalue weighted by molar-refractivity contribution is 9.09. The van der Waals surface area contributed by atoms with Crippen molar-refractivity contribution in [2.45, 2.75) is 18.4 Å². The molecule has 7 heteroatoms. The first kappa shape index (κ1) is 14.6. The van der Waals surface area contributed by atoms with Crippen molar-refractivity contribution in [1.82, 2.24) is 0 Å². The van der Waals surface area contributed by atoms with Gasteiger partial charge in [0.15, 0.2) is 0 Å². The molecular formula is C11H9BrF2O4. The lowest BCUT2D eigenvalue weighted by Gasteiger charge is -2.15. The molecule has 0 amide bonds. The number of benzene rings is 1. The molecule has 4 nitrogen and oxygen atoms in total. The summed E-state index contributed by atoms with van der Waals surface area (Å²) in [6, 6.07) is 3.67. The molecule has 0 aromatic heterocycles. The predicted molar refractivity (Wildman–Crippen MR) is 62.4 cm³/mol. The molecule has 0 aliphatic carbocycles. The summed E-state index contributed by atoms with van der Waals surface area (Å²) in [4.78, 5) is 21.3. The number of carbonyl (C=O) groups is 2. The average Bonchev–Trinajstić information content (AvgIpc) is 2.26. The molecule has 0 fully saturated rings. The van der Waals surface area contributed by atoms with Gasteiger partial charge in [-0.2, -0.15) is 8.78 Å². The Kier molecular flexibility index (Phi) is 4.77. The Bertz CT molecular complexity index is 476. The Morgan fingerprint density at radius 2 is 2.00 bits per heavy atom. The van der Waals surface area contributed by atoms with Crippen LogP contribution in [0.5, 0.6) is 5.75 Å². The van der Waals surface area contributed by atoms with E-state index in [0.29, 0.717) is 0 Å². The van der Waals surface area contributed by atoms with Crippen molar-refractivity contribution >= 4 is 27.7 Å². The van der Waals surface area contributed by atoms with Gasteiger partial charge in [-0.1, -0.05) is 22.0 Å². The van der Waals surface area contributed by atoms with E-state index in [1.807, 2.05) is 0 Å². The topological polar surface area (TPSA) is 63.6 Å². The summed E-state index contributed by atoms with van der Waals surface area (Å²) in [5.41, 5.74) is -0.372. The molecular weight excluding hydrogens is 314 g/mol. The number of ketones is 1. The minimum atomic E-state index is -3.10. The number of aromatic carboxylic acids is 1. The standard InChI is InChI=1S/C11H9BrF2O4/c1-5(15)9(12)8-6(10(16)17)3-2-4-7(8)18-11(13)14/h2-4,9,11H,1H3,(H,16,17). The van der Waals surface area contributed by atoms with Gasteiger partial charge in [0.05, 0.1) is 5.56 Å². The number of hydrogen-bond donors (Lipinski definition) is 1. The summed E-state index contributed by atoms with van der Waals surface area (Å²) in [6.07, 6.45) is 0. The summed E-state index contributed by atoms with van der Waals surface area (Å²) >= 11 is 2.97. The van der Waals surface area contributed by atoms with Gasteiger partial charge in [0.1, 0.15) is 16.4 Å². The molecule has 0 spiro atoms. The SMILES string of the molecule is CC(=O)C(Br)c1c(OC(F)F)cccc1C(=O)O.